The van der Waals surface area contributed by atoms with Gasteiger partial charge < -0.3 is 15.0 Å². The molecule has 3 aromatic carbocycles. The minimum absolute atomic E-state index is 0.0115. The molecule has 0 radical (unpaired) electrons. The van der Waals surface area contributed by atoms with Gasteiger partial charge in [-0.15, -0.1) is 0 Å². The van der Waals surface area contributed by atoms with E-state index < -0.39 is 6.04 Å². The van der Waals surface area contributed by atoms with Crippen LogP contribution in [0.4, 0.5) is 0 Å². The van der Waals surface area contributed by atoms with Gasteiger partial charge in [0.15, 0.2) is 6.61 Å². The van der Waals surface area contributed by atoms with Crippen LogP contribution >= 0.6 is 0 Å². The molecule has 1 N–H and O–H groups in total. The van der Waals surface area contributed by atoms with Crippen molar-refractivity contribution in [3.63, 3.8) is 0 Å². The summed E-state index contributed by atoms with van der Waals surface area (Å²) in [6.07, 6.45) is 1.23. The zero-order chi connectivity index (χ0) is 26.8. The van der Waals surface area contributed by atoms with Crippen LogP contribution in [0.5, 0.6) is 5.75 Å². The minimum atomic E-state index is -0.670. The van der Waals surface area contributed by atoms with Gasteiger partial charge in [-0.2, -0.15) is 0 Å². The van der Waals surface area contributed by atoms with Crippen LogP contribution in [0.3, 0.4) is 0 Å². The van der Waals surface area contributed by atoms with Crippen molar-refractivity contribution in [2.45, 2.75) is 72.0 Å². The molecule has 0 aromatic heterocycles. The number of hydrogen-bond donors (Lipinski definition) is 1. The topological polar surface area (TPSA) is 58.6 Å². The van der Waals surface area contributed by atoms with Crippen LogP contribution < -0.4 is 10.1 Å². The number of nitrogens with one attached hydrogen (secondary N) is 1. The zero-order valence-corrected chi connectivity index (χ0v) is 22.7. The van der Waals surface area contributed by atoms with Crippen molar-refractivity contribution in [2.75, 3.05) is 6.61 Å². The highest BCUT2D eigenvalue weighted by molar-refractivity contribution is 5.88. The third-order valence-corrected chi connectivity index (χ3v) is 6.62. The molecule has 0 aliphatic carbocycles. The number of carbonyl (C=O) groups excluding carboxylic acids is 2. The van der Waals surface area contributed by atoms with Gasteiger partial charge in [0.05, 0.1) is 0 Å². The van der Waals surface area contributed by atoms with Gasteiger partial charge in [0.2, 0.25) is 5.91 Å². The van der Waals surface area contributed by atoms with E-state index in [0.29, 0.717) is 24.6 Å². The first-order chi connectivity index (χ1) is 17.8. The van der Waals surface area contributed by atoms with E-state index in [1.807, 2.05) is 93.6 Å². The zero-order valence-electron chi connectivity index (χ0n) is 22.7. The Kier molecular flexibility index (Phi) is 10.3. The number of amides is 2. The van der Waals surface area contributed by atoms with E-state index in [1.165, 1.54) is 5.56 Å². The normalized spacial score (nSPS) is 12.6. The molecule has 37 heavy (non-hydrogen) atoms. The molecular formula is C32H40N2O3. The molecule has 5 nitrogen and oxygen atoms in total. The fourth-order valence-corrected chi connectivity index (χ4v) is 4.18. The van der Waals surface area contributed by atoms with Crippen LogP contribution in [0.1, 0.15) is 62.3 Å². The van der Waals surface area contributed by atoms with Crippen LogP contribution in [0.25, 0.3) is 0 Å². The summed E-state index contributed by atoms with van der Waals surface area (Å²) in [4.78, 5) is 28.9. The predicted molar refractivity (Wildman–Crippen MR) is 150 cm³/mol. The maximum Gasteiger partial charge on any atom is 0.261 e. The van der Waals surface area contributed by atoms with Crippen LogP contribution in [0.2, 0.25) is 0 Å². The Labute approximate surface area is 221 Å². The highest BCUT2D eigenvalue weighted by atomic mass is 16.5. The largest absolute Gasteiger partial charge is 0.484 e. The molecule has 3 rings (SSSR count). The summed E-state index contributed by atoms with van der Waals surface area (Å²) in [5.41, 5.74) is 4.29. The number of carbonyl (C=O) groups is 2. The average molecular weight is 501 g/mol. The molecule has 0 fully saturated rings. The third kappa shape index (κ3) is 8.49. The molecule has 2 atom stereocenters. The van der Waals surface area contributed by atoms with Gasteiger partial charge in [-0.05, 0) is 55.0 Å². The lowest BCUT2D eigenvalue weighted by Gasteiger charge is -2.32. The molecule has 0 saturated carbocycles. The Bertz CT molecular complexity index is 1140. The molecule has 0 aliphatic heterocycles. The van der Waals surface area contributed by atoms with Crippen LogP contribution in [0, 0.1) is 6.92 Å². The first-order valence-corrected chi connectivity index (χ1v) is 13.2. The molecule has 196 valence electrons. The molecule has 5 heteroatoms. The fraction of sp³-hybridized carbons (Fsp3) is 0.375. The summed E-state index contributed by atoms with van der Waals surface area (Å²) in [6, 6.07) is 25.1. The molecule has 0 spiro atoms. The molecule has 0 bridgehead atoms. The highest BCUT2D eigenvalue weighted by Gasteiger charge is 2.31. The average Bonchev–Trinajstić information content (AvgIpc) is 2.90. The molecule has 2 amide bonds. The number of hydrogen-bond acceptors (Lipinski definition) is 3. The van der Waals surface area contributed by atoms with E-state index in [1.54, 1.807) is 4.90 Å². The number of nitrogens with zero attached hydrogens (tertiary/aromatic N) is 1. The second kappa shape index (κ2) is 13.6. The van der Waals surface area contributed by atoms with Crippen LogP contribution in [0.15, 0.2) is 78.9 Å². The lowest BCUT2D eigenvalue weighted by atomic mass is 10.0. The van der Waals surface area contributed by atoms with E-state index >= 15 is 0 Å². The SMILES string of the molecule is CC[C@@H](C)NC(=O)[C@H](Cc1ccccc1)N(Cc1cccc(C)c1)C(=O)COc1ccc(C(C)C)cc1. The fourth-order valence-electron chi connectivity index (χ4n) is 4.18. The molecule has 3 aromatic rings. The Hall–Kier alpha value is -3.60. The van der Waals surface area contributed by atoms with Crippen molar-refractivity contribution < 1.29 is 14.3 Å². The Morgan fingerprint density at radius 2 is 1.57 bits per heavy atom. The molecular weight excluding hydrogens is 460 g/mol. The van der Waals surface area contributed by atoms with Crippen molar-refractivity contribution in [1.29, 1.82) is 0 Å². The van der Waals surface area contributed by atoms with Gasteiger partial charge in [-0.1, -0.05) is 93.1 Å². The Balaban J connectivity index is 1.89. The quantitative estimate of drug-likeness (QED) is 0.329. The first-order valence-electron chi connectivity index (χ1n) is 13.2. The number of benzene rings is 3. The van der Waals surface area contributed by atoms with E-state index in [-0.39, 0.29) is 24.5 Å². The third-order valence-electron chi connectivity index (χ3n) is 6.62. The standard InChI is InChI=1S/C32H40N2O3/c1-6-25(5)33-32(36)30(20-26-12-8-7-9-13-26)34(21-27-14-10-11-24(4)19-27)31(35)22-37-29-17-15-28(16-18-29)23(2)3/h7-19,23,25,30H,6,20-22H2,1-5H3,(H,33,36)/t25-,30+/m1/s1. The van der Waals surface area contributed by atoms with Crippen molar-refractivity contribution >= 4 is 11.8 Å². The summed E-state index contributed by atoms with van der Waals surface area (Å²) in [7, 11) is 0. The van der Waals surface area contributed by atoms with Crippen molar-refractivity contribution in [3.05, 3.63) is 101 Å². The highest BCUT2D eigenvalue weighted by Crippen LogP contribution is 2.20. The number of rotatable bonds is 12. The molecule has 0 aliphatic rings. The summed E-state index contributed by atoms with van der Waals surface area (Å²) < 4.78 is 5.90. The van der Waals surface area contributed by atoms with Gasteiger partial charge in [0.1, 0.15) is 11.8 Å². The van der Waals surface area contributed by atoms with E-state index in [2.05, 4.69) is 25.2 Å². The van der Waals surface area contributed by atoms with Crippen LogP contribution in [-0.2, 0) is 22.6 Å². The molecule has 0 saturated heterocycles. The first kappa shape index (κ1) is 28.0. The van der Waals surface area contributed by atoms with E-state index in [9.17, 15) is 9.59 Å². The van der Waals surface area contributed by atoms with Crippen LogP contribution in [-0.4, -0.2) is 35.4 Å². The Morgan fingerprint density at radius 3 is 2.19 bits per heavy atom. The van der Waals surface area contributed by atoms with Gasteiger partial charge in [-0.3, -0.25) is 9.59 Å². The maximum atomic E-state index is 13.7. The van der Waals surface area contributed by atoms with E-state index in [0.717, 1.165) is 23.1 Å². The lowest BCUT2D eigenvalue weighted by molar-refractivity contribution is -0.143. The predicted octanol–water partition coefficient (Wildman–Crippen LogP) is 6.05. The number of ether oxygens (including phenoxy) is 1. The van der Waals surface area contributed by atoms with Crippen molar-refractivity contribution in [3.8, 4) is 5.75 Å². The monoisotopic (exact) mass is 500 g/mol. The summed E-state index contributed by atoms with van der Waals surface area (Å²) in [5.74, 6) is 0.676. The van der Waals surface area contributed by atoms with Gasteiger partial charge in [0.25, 0.3) is 5.91 Å². The maximum absolute atomic E-state index is 13.7. The molecule has 0 unspecified atom stereocenters. The van der Waals surface area contributed by atoms with Crippen molar-refractivity contribution in [1.82, 2.24) is 10.2 Å². The van der Waals surface area contributed by atoms with Gasteiger partial charge >= 0.3 is 0 Å². The second-order valence-corrected chi connectivity index (χ2v) is 10.0. The number of aryl methyl sites for hydroxylation is 1. The molecule has 0 heterocycles. The Morgan fingerprint density at radius 1 is 0.892 bits per heavy atom. The lowest BCUT2D eigenvalue weighted by Crippen LogP contribution is -2.53. The van der Waals surface area contributed by atoms with Gasteiger partial charge in [0, 0.05) is 19.0 Å². The minimum Gasteiger partial charge on any atom is -0.484 e. The van der Waals surface area contributed by atoms with E-state index in [4.69, 9.17) is 4.74 Å². The van der Waals surface area contributed by atoms with Gasteiger partial charge in [-0.25, -0.2) is 0 Å². The summed E-state index contributed by atoms with van der Waals surface area (Å²) in [5, 5.41) is 3.10. The van der Waals surface area contributed by atoms with Crippen molar-refractivity contribution in [2.24, 2.45) is 0 Å². The summed E-state index contributed by atoms with van der Waals surface area (Å²) >= 11 is 0. The smallest absolute Gasteiger partial charge is 0.261 e. The summed E-state index contributed by atoms with van der Waals surface area (Å²) in [6.45, 7) is 10.5. The second-order valence-electron chi connectivity index (χ2n) is 10.0.